The number of aliphatic hydroxyl groups is 6. The molecule has 0 bridgehead atoms. The molecule has 328 valence electrons. The van der Waals surface area contributed by atoms with Crippen LogP contribution in [0, 0.1) is 50.2 Å². The first-order valence-corrected chi connectivity index (χ1v) is 21.2. The molecule has 7 rings (SSSR count). The van der Waals surface area contributed by atoms with Crippen LogP contribution in [0.25, 0.3) is 0 Å². The third-order valence-corrected chi connectivity index (χ3v) is 17.1. The summed E-state index contributed by atoms with van der Waals surface area (Å²) in [6, 6.07) is 8.56. The highest BCUT2D eigenvalue weighted by molar-refractivity contribution is 5.89. The zero-order valence-corrected chi connectivity index (χ0v) is 35.2. The van der Waals surface area contributed by atoms with Crippen molar-refractivity contribution in [1.29, 1.82) is 0 Å². The molecule has 5 aliphatic carbocycles. The predicted molar refractivity (Wildman–Crippen MR) is 210 cm³/mol. The lowest BCUT2D eigenvalue weighted by Crippen LogP contribution is -2.72. The molecule has 0 radical (unpaired) electrons. The van der Waals surface area contributed by atoms with E-state index < -0.39 is 101 Å². The second kappa shape index (κ2) is 15.1. The van der Waals surface area contributed by atoms with Gasteiger partial charge in [-0.15, -0.1) is 0 Å². The summed E-state index contributed by atoms with van der Waals surface area (Å²) < 4.78 is 23.7. The van der Waals surface area contributed by atoms with Gasteiger partial charge in [-0.1, -0.05) is 71.4 Å². The number of aliphatic carboxylic acids is 1. The lowest BCUT2D eigenvalue weighted by molar-refractivity contribution is -0.328. The molecule has 0 spiro atoms. The molecule has 17 atom stereocenters. The number of rotatable bonds is 8. The van der Waals surface area contributed by atoms with Crippen LogP contribution in [0.2, 0.25) is 0 Å². The van der Waals surface area contributed by atoms with Crippen molar-refractivity contribution in [2.24, 2.45) is 50.2 Å². The SMILES string of the molecule is CC(=O)OC[C@@]12[C@@H](O)C[C@]3(C)C(=CC[C@@H]4[C@@]5(C)CC[C@H](O[C@@H]6O[C@H](C(=O)O)[C@@H](O)[C@H](O)[C@H]6O)[C@@](C)(CO)C5CC[C@]43C)[C@@H]1CC(C)(C)[C@@H](OC(=O)c1ccccc1)[C@@H]2O. The van der Waals surface area contributed by atoms with Crippen LogP contribution in [0.1, 0.15) is 104 Å². The van der Waals surface area contributed by atoms with Crippen molar-refractivity contribution in [3.63, 3.8) is 0 Å². The van der Waals surface area contributed by atoms with Crippen LogP contribution in [-0.4, -0.2) is 122 Å². The van der Waals surface area contributed by atoms with Crippen molar-refractivity contribution in [3.05, 3.63) is 47.5 Å². The standard InChI is InChI=1S/C45H64O14/c1-23(47)56-22-45-26(19-40(2,3)36(35(45)52)59-38(55)24-11-9-8-10-12-24)25-13-14-28-41(4)17-16-30(57-39-33(51)31(49)32(50)34(58-39)37(53)54)42(5,21-46)27(41)15-18-43(28,6)44(25,7)20-29(45)48/h8-13,26-36,39,46,48-52H,14-22H2,1-7H3,(H,53,54)/t26-,27?,28+,29-,30-,31-,32-,33+,34-,35-,36-,39+,41-,42-,43+,44+,45-/m0/s1. The summed E-state index contributed by atoms with van der Waals surface area (Å²) in [7, 11) is 0. The summed E-state index contributed by atoms with van der Waals surface area (Å²) in [6.45, 7) is 13.4. The third-order valence-electron chi connectivity index (χ3n) is 17.1. The lowest BCUT2D eigenvalue weighted by atomic mass is 9.33. The molecule has 1 saturated heterocycles. The largest absolute Gasteiger partial charge is 0.479 e. The number of aliphatic hydroxyl groups excluding tert-OH is 6. The van der Waals surface area contributed by atoms with Crippen molar-refractivity contribution in [2.75, 3.05) is 13.2 Å². The van der Waals surface area contributed by atoms with E-state index in [1.54, 1.807) is 30.3 Å². The maximum absolute atomic E-state index is 13.5. The van der Waals surface area contributed by atoms with Crippen molar-refractivity contribution in [3.8, 4) is 0 Å². The van der Waals surface area contributed by atoms with Crippen LogP contribution >= 0.6 is 0 Å². The number of carboxylic acid groups (broad SMARTS) is 1. The van der Waals surface area contributed by atoms with E-state index in [0.29, 0.717) is 37.7 Å². The molecular formula is C45H64O14. The van der Waals surface area contributed by atoms with Crippen LogP contribution in [0.5, 0.6) is 0 Å². The van der Waals surface area contributed by atoms with E-state index >= 15 is 0 Å². The molecule has 1 heterocycles. The number of fused-ring (bicyclic) bond motifs is 7. The molecule has 5 fully saturated rings. The van der Waals surface area contributed by atoms with Gasteiger partial charge in [-0.25, -0.2) is 9.59 Å². The second-order valence-corrected chi connectivity index (χ2v) is 20.4. The highest BCUT2D eigenvalue weighted by Crippen LogP contribution is 2.76. The number of hydrogen-bond acceptors (Lipinski definition) is 13. The van der Waals surface area contributed by atoms with Gasteiger partial charge >= 0.3 is 17.9 Å². The fourth-order valence-corrected chi connectivity index (χ4v) is 13.6. The second-order valence-electron chi connectivity index (χ2n) is 20.4. The van der Waals surface area contributed by atoms with Gasteiger partial charge < -0.3 is 54.7 Å². The Hall–Kier alpha value is -2.95. The van der Waals surface area contributed by atoms with Gasteiger partial charge in [0.05, 0.1) is 29.8 Å². The summed E-state index contributed by atoms with van der Waals surface area (Å²) in [6.07, 6.45) is -6.76. The Morgan fingerprint density at radius 1 is 0.864 bits per heavy atom. The zero-order valence-electron chi connectivity index (χ0n) is 35.2. The first kappa shape index (κ1) is 44.1. The number of benzene rings is 1. The van der Waals surface area contributed by atoms with Gasteiger partial charge in [0.2, 0.25) is 0 Å². The molecule has 0 amide bonds. The number of ether oxygens (including phenoxy) is 4. The molecule has 14 nitrogen and oxygen atoms in total. The number of esters is 2. The Labute approximate surface area is 345 Å². The zero-order chi connectivity index (χ0) is 43.2. The number of carbonyl (C=O) groups excluding carboxylic acids is 2. The Morgan fingerprint density at radius 3 is 2.17 bits per heavy atom. The van der Waals surface area contributed by atoms with E-state index in [0.717, 1.165) is 12.0 Å². The van der Waals surface area contributed by atoms with Crippen LogP contribution in [0.15, 0.2) is 42.0 Å². The van der Waals surface area contributed by atoms with Crippen LogP contribution < -0.4 is 0 Å². The number of allylic oxidation sites excluding steroid dienone is 2. The molecule has 1 aromatic carbocycles. The summed E-state index contributed by atoms with van der Waals surface area (Å²) in [5, 5.41) is 77.6. The Bertz CT molecular complexity index is 1820. The highest BCUT2D eigenvalue weighted by Gasteiger charge is 2.73. The van der Waals surface area contributed by atoms with E-state index in [1.165, 1.54) is 6.92 Å². The number of carboxylic acids is 1. The van der Waals surface area contributed by atoms with E-state index in [1.807, 2.05) is 20.8 Å². The minimum Gasteiger partial charge on any atom is -0.479 e. The Morgan fingerprint density at radius 2 is 1.54 bits per heavy atom. The summed E-state index contributed by atoms with van der Waals surface area (Å²) >= 11 is 0. The monoisotopic (exact) mass is 828 g/mol. The van der Waals surface area contributed by atoms with Crippen molar-refractivity contribution < 1.29 is 69.1 Å². The lowest BCUT2D eigenvalue weighted by Gasteiger charge is -2.72. The quantitative estimate of drug-likeness (QED) is 0.113. The predicted octanol–water partition coefficient (Wildman–Crippen LogP) is 3.38. The summed E-state index contributed by atoms with van der Waals surface area (Å²) in [5.41, 5.74) is -2.81. The highest BCUT2D eigenvalue weighted by atomic mass is 16.7. The molecule has 6 aliphatic rings. The fraction of sp³-hybridized carbons (Fsp3) is 0.756. The average Bonchev–Trinajstić information content (AvgIpc) is 3.17. The minimum absolute atomic E-state index is 0.0773. The van der Waals surface area contributed by atoms with E-state index in [4.69, 9.17) is 18.9 Å². The van der Waals surface area contributed by atoms with Gasteiger partial charge in [-0.05, 0) is 91.1 Å². The Balaban J connectivity index is 1.22. The van der Waals surface area contributed by atoms with Gasteiger partial charge in [0.25, 0.3) is 0 Å². The smallest absolute Gasteiger partial charge is 0.338 e. The first-order chi connectivity index (χ1) is 27.5. The van der Waals surface area contributed by atoms with Crippen molar-refractivity contribution in [1.82, 2.24) is 0 Å². The maximum atomic E-state index is 13.5. The normalized spacial score (nSPS) is 47.6. The van der Waals surface area contributed by atoms with Gasteiger partial charge in [0, 0.05) is 17.8 Å². The molecule has 14 heteroatoms. The molecule has 1 unspecified atom stereocenters. The molecular weight excluding hydrogens is 764 g/mol. The average molecular weight is 829 g/mol. The van der Waals surface area contributed by atoms with Gasteiger partial charge in [0.1, 0.15) is 37.1 Å². The van der Waals surface area contributed by atoms with E-state index in [9.17, 15) is 50.1 Å². The molecule has 4 saturated carbocycles. The molecule has 1 aliphatic heterocycles. The summed E-state index contributed by atoms with van der Waals surface area (Å²) in [4.78, 5) is 37.7. The number of hydrogen-bond donors (Lipinski definition) is 7. The van der Waals surface area contributed by atoms with Gasteiger partial charge in [0.15, 0.2) is 12.4 Å². The van der Waals surface area contributed by atoms with Crippen molar-refractivity contribution >= 4 is 17.9 Å². The summed E-state index contributed by atoms with van der Waals surface area (Å²) in [5.74, 6) is -3.07. The van der Waals surface area contributed by atoms with Gasteiger partial charge in [-0.2, -0.15) is 0 Å². The fourth-order valence-electron chi connectivity index (χ4n) is 13.6. The van der Waals surface area contributed by atoms with Crippen LogP contribution in [0.4, 0.5) is 0 Å². The minimum atomic E-state index is -1.85. The topological polar surface area (TPSA) is 230 Å². The number of carbonyl (C=O) groups is 3. The molecule has 1 aromatic rings. The third kappa shape index (κ3) is 6.53. The maximum Gasteiger partial charge on any atom is 0.338 e. The molecule has 7 N–H and O–H groups in total. The van der Waals surface area contributed by atoms with E-state index in [2.05, 4.69) is 26.8 Å². The van der Waals surface area contributed by atoms with Gasteiger partial charge in [-0.3, -0.25) is 4.79 Å². The molecule has 59 heavy (non-hydrogen) atoms. The molecule has 0 aromatic heterocycles. The van der Waals surface area contributed by atoms with Crippen LogP contribution in [-0.2, 0) is 28.5 Å². The Kier molecular flexibility index (Phi) is 11.3. The van der Waals surface area contributed by atoms with Crippen molar-refractivity contribution in [2.45, 2.75) is 149 Å². The van der Waals surface area contributed by atoms with Crippen LogP contribution in [0.3, 0.4) is 0 Å². The first-order valence-electron chi connectivity index (χ1n) is 21.2. The van der Waals surface area contributed by atoms with E-state index in [-0.39, 0.29) is 42.3 Å².